The highest BCUT2D eigenvalue weighted by Gasteiger charge is 2.25. The fourth-order valence-corrected chi connectivity index (χ4v) is 1.91. The predicted molar refractivity (Wildman–Crippen MR) is 75.5 cm³/mol. The van der Waals surface area contributed by atoms with Crippen molar-refractivity contribution < 1.29 is 4.79 Å². The van der Waals surface area contributed by atoms with Gasteiger partial charge in [-0.2, -0.15) is 0 Å². The van der Waals surface area contributed by atoms with Crippen molar-refractivity contribution in [2.75, 3.05) is 33.2 Å². The maximum Gasteiger partial charge on any atom is 0.221 e. The summed E-state index contributed by atoms with van der Waals surface area (Å²) >= 11 is 0. The van der Waals surface area contributed by atoms with Gasteiger partial charge >= 0.3 is 0 Å². The Balaban J connectivity index is 2.33. The lowest BCUT2D eigenvalue weighted by Crippen LogP contribution is -2.51. The molecule has 0 aromatic carbocycles. The van der Waals surface area contributed by atoms with Crippen LogP contribution in [-0.2, 0) is 4.79 Å². The van der Waals surface area contributed by atoms with Crippen LogP contribution in [0.3, 0.4) is 0 Å². The lowest BCUT2D eigenvalue weighted by molar-refractivity contribution is -0.123. The molecule has 4 nitrogen and oxygen atoms in total. The second-order valence-corrected chi connectivity index (χ2v) is 6.46. The first kappa shape index (κ1) is 15.4. The molecule has 1 rings (SSSR count). The number of rotatable bonds is 5. The molecule has 106 valence electrons. The summed E-state index contributed by atoms with van der Waals surface area (Å²) in [6, 6.07) is 0.334. The average molecular weight is 255 g/mol. The molecular formula is C14H29N3O. The molecule has 0 aliphatic carbocycles. The Bertz CT molecular complexity index is 276. The van der Waals surface area contributed by atoms with Gasteiger partial charge in [0.15, 0.2) is 0 Å². The predicted octanol–water partition coefficient (Wildman–Crippen LogP) is 1.08. The number of hydrogen-bond donors (Lipinski definition) is 2. The van der Waals surface area contributed by atoms with Crippen molar-refractivity contribution in [2.24, 2.45) is 11.3 Å². The minimum absolute atomic E-state index is 0.159. The second kappa shape index (κ2) is 6.53. The zero-order chi connectivity index (χ0) is 13.8. The van der Waals surface area contributed by atoms with E-state index in [1.165, 1.54) is 0 Å². The Labute approximate surface area is 111 Å². The molecule has 2 N–H and O–H groups in total. The van der Waals surface area contributed by atoms with Gasteiger partial charge in [-0.05, 0) is 18.4 Å². The van der Waals surface area contributed by atoms with Gasteiger partial charge in [0.25, 0.3) is 0 Å². The number of piperazine rings is 1. The van der Waals surface area contributed by atoms with Gasteiger partial charge in [-0.25, -0.2) is 0 Å². The third kappa shape index (κ3) is 4.58. The molecule has 1 amide bonds. The van der Waals surface area contributed by atoms with Crippen LogP contribution < -0.4 is 10.6 Å². The van der Waals surface area contributed by atoms with Crippen molar-refractivity contribution in [1.82, 2.24) is 15.5 Å². The normalized spacial score (nSPS) is 22.2. The third-order valence-corrected chi connectivity index (χ3v) is 4.37. The van der Waals surface area contributed by atoms with Gasteiger partial charge in [0, 0.05) is 38.6 Å². The second-order valence-electron chi connectivity index (χ2n) is 6.46. The van der Waals surface area contributed by atoms with Gasteiger partial charge in [0.1, 0.15) is 0 Å². The van der Waals surface area contributed by atoms with E-state index in [9.17, 15) is 4.79 Å². The molecule has 0 aromatic heterocycles. The van der Waals surface area contributed by atoms with E-state index in [-0.39, 0.29) is 11.3 Å². The highest BCUT2D eigenvalue weighted by atomic mass is 16.1. The SMILES string of the molecule is CC(C)C(C)(C)CNC(=O)CC1CNCCN1C. The maximum atomic E-state index is 12.0. The number of hydrogen-bond acceptors (Lipinski definition) is 3. The first-order chi connectivity index (χ1) is 8.33. The Morgan fingerprint density at radius 1 is 1.50 bits per heavy atom. The number of nitrogens with one attached hydrogen (secondary N) is 2. The molecule has 0 spiro atoms. The van der Waals surface area contributed by atoms with Crippen molar-refractivity contribution in [1.29, 1.82) is 0 Å². The monoisotopic (exact) mass is 255 g/mol. The van der Waals surface area contributed by atoms with Crippen LogP contribution in [0.2, 0.25) is 0 Å². The van der Waals surface area contributed by atoms with E-state index in [1.54, 1.807) is 0 Å². The molecule has 0 aromatic rings. The summed E-state index contributed by atoms with van der Waals surface area (Å²) in [6.07, 6.45) is 0.595. The molecule has 0 saturated carbocycles. The Kier molecular flexibility index (Phi) is 5.60. The topological polar surface area (TPSA) is 44.4 Å². The standard InChI is InChI=1S/C14H29N3O/c1-11(2)14(3,4)10-16-13(18)8-12-9-15-6-7-17(12)5/h11-12,15H,6-10H2,1-5H3,(H,16,18). The van der Waals surface area contributed by atoms with Gasteiger partial charge in [-0.3, -0.25) is 4.79 Å². The Morgan fingerprint density at radius 3 is 2.72 bits per heavy atom. The molecule has 0 radical (unpaired) electrons. The van der Waals surface area contributed by atoms with Crippen molar-refractivity contribution in [3.63, 3.8) is 0 Å². The van der Waals surface area contributed by atoms with Crippen LogP contribution in [0, 0.1) is 11.3 Å². The van der Waals surface area contributed by atoms with Gasteiger partial charge in [0.2, 0.25) is 5.91 Å². The van der Waals surface area contributed by atoms with Crippen LogP contribution in [0.15, 0.2) is 0 Å². The van der Waals surface area contributed by atoms with Crippen molar-refractivity contribution >= 4 is 5.91 Å². The van der Waals surface area contributed by atoms with E-state index in [4.69, 9.17) is 0 Å². The van der Waals surface area contributed by atoms with E-state index in [1.807, 2.05) is 0 Å². The van der Waals surface area contributed by atoms with Crippen LogP contribution in [0.25, 0.3) is 0 Å². The zero-order valence-corrected chi connectivity index (χ0v) is 12.5. The molecule has 0 bridgehead atoms. The van der Waals surface area contributed by atoms with Gasteiger partial charge in [-0.15, -0.1) is 0 Å². The number of likely N-dealkylation sites (N-methyl/N-ethyl adjacent to an activating group) is 1. The summed E-state index contributed by atoms with van der Waals surface area (Å²) in [5.74, 6) is 0.737. The molecule has 1 unspecified atom stereocenters. The van der Waals surface area contributed by atoms with E-state index in [2.05, 4.69) is 50.3 Å². The van der Waals surface area contributed by atoms with E-state index in [0.29, 0.717) is 18.4 Å². The largest absolute Gasteiger partial charge is 0.356 e. The van der Waals surface area contributed by atoms with Gasteiger partial charge < -0.3 is 15.5 Å². The van der Waals surface area contributed by atoms with Crippen LogP contribution in [0.1, 0.15) is 34.1 Å². The highest BCUT2D eigenvalue weighted by Crippen LogP contribution is 2.24. The first-order valence-corrected chi connectivity index (χ1v) is 7.00. The lowest BCUT2D eigenvalue weighted by atomic mass is 9.81. The third-order valence-electron chi connectivity index (χ3n) is 4.37. The molecule has 1 saturated heterocycles. The summed E-state index contributed by atoms with van der Waals surface area (Å²) < 4.78 is 0. The summed E-state index contributed by atoms with van der Waals surface area (Å²) in [4.78, 5) is 14.2. The molecule has 1 heterocycles. The maximum absolute atomic E-state index is 12.0. The number of nitrogens with zero attached hydrogens (tertiary/aromatic N) is 1. The minimum Gasteiger partial charge on any atom is -0.356 e. The first-order valence-electron chi connectivity index (χ1n) is 7.00. The molecule has 1 aliphatic heterocycles. The minimum atomic E-state index is 0.159. The van der Waals surface area contributed by atoms with Crippen LogP contribution in [0.4, 0.5) is 0 Å². The molecule has 18 heavy (non-hydrogen) atoms. The zero-order valence-electron chi connectivity index (χ0n) is 12.5. The van der Waals surface area contributed by atoms with Crippen LogP contribution in [-0.4, -0.2) is 50.1 Å². The summed E-state index contributed by atoms with van der Waals surface area (Å²) in [5.41, 5.74) is 0.159. The van der Waals surface area contributed by atoms with E-state index in [0.717, 1.165) is 26.2 Å². The summed E-state index contributed by atoms with van der Waals surface area (Å²) in [5, 5.41) is 6.42. The molecule has 1 fully saturated rings. The Hall–Kier alpha value is -0.610. The van der Waals surface area contributed by atoms with Crippen LogP contribution in [0.5, 0.6) is 0 Å². The van der Waals surface area contributed by atoms with E-state index >= 15 is 0 Å². The molecule has 1 atom stereocenters. The smallest absolute Gasteiger partial charge is 0.221 e. The number of carbonyl (C=O) groups excluding carboxylic acids is 1. The fourth-order valence-electron chi connectivity index (χ4n) is 1.91. The average Bonchev–Trinajstić information content (AvgIpc) is 2.29. The molecular weight excluding hydrogens is 226 g/mol. The summed E-state index contributed by atoms with van der Waals surface area (Å²) in [6.45, 7) is 12.5. The van der Waals surface area contributed by atoms with Gasteiger partial charge in [-0.1, -0.05) is 27.7 Å². The number of carbonyl (C=O) groups is 1. The van der Waals surface area contributed by atoms with Gasteiger partial charge in [0.05, 0.1) is 0 Å². The highest BCUT2D eigenvalue weighted by molar-refractivity contribution is 5.76. The number of amides is 1. The van der Waals surface area contributed by atoms with Crippen molar-refractivity contribution in [2.45, 2.75) is 40.2 Å². The molecule has 4 heteroatoms. The van der Waals surface area contributed by atoms with Crippen molar-refractivity contribution in [3.8, 4) is 0 Å². The summed E-state index contributed by atoms with van der Waals surface area (Å²) in [7, 11) is 2.09. The van der Waals surface area contributed by atoms with Crippen LogP contribution >= 0.6 is 0 Å². The van der Waals surface area contributed by atoms with Crippen molar-refractivity contribution in [3.05, 3.63) is 0 Å². The lowest BCUT2D eigenvalue weighted by Gasteiger charge is -2.33. The van der Waals surface area contributed by atoms with E-state index < -0.39 is 0 Å². The molecule has 1 aliphatic rings. The fraction of sp³-hybridized carbons (Fsp3) is 0.929. The Morgan fingerprint density at radius 2 is 2.17 bits per heavy atom. The quantitative estimate of drug-likeness (QED) is 0.772.